The summed E-state index contributed by atoms with van der Waals surface area (Å²) in [6.07, 6.45) is 0. The van der Waals surface area contributed by atoms with Gasteiger partial charge in [0.2, 0.25) is 5.89 Å². The molecule has 4 heteroatoms. The average molecular weight is 252 g/mol. The van der Waals surface area contributed by atoms with Gasteiger partial charge in [0.1, 0.15) is 11.5 Å². The summed E-state index contributed by atoms with van der Waals surface area (Å²) in [5.74, 6) is 2.16. The van der Waals surface area contributed by atoms with Crippen LogP contribution in [0.2, 0.25) is 5.02 Å². The molecule has 0 aliphatic heterocycles. The highest BCUT2D eigenvalue weighted by molar-refractivity contribution is 6.30. The molecule has 2 rings (SSSR count). The van der Waals surface area contributed by atoms with Crippen LogP contribution in [-0.4, -0.2) is 4.98 Å². The van der Waals surface area contributed by atoms with Gasteiger partial charge in [0.25, 0.3) is 0 Å². The zero-order valence-electron chi connectivity index (χ0n) is 10.1. The van der Waals surface area contributed by atoms with E-state index in [2.05, 4.69) is 4.98 Å². The molecule has 0 saturated heterocycles. The van der Waals surface area contributed by atoms with Crippen molar-refractivity contribution in [2.75, 3.05) is 0 Å². The highest BCUT2D eigenvalue weighted by atomic mass is 35.5. The van der Waals surface area contributed by atoms with E-state index in [0.717, 1.165) is 22.8 Å². The van der Waals surface area contributed by atoms with Crippen LogP contribution in [0.4, 0.5) is 0 Å². The summed E-state index contributed by atoms with van der Waals surface area (Å²) < 4.78 is 11.1. The minimum absolute atomic E-state index is 0.315. The maximum atomic E-state index is 5.91. The van der Waals surface area contributed by atoms with Crippen LogP contribution in [0.25, 0.3) is 0 Å². The molecule has 0 fully saturated rings. The molecule has 1 aromatic carbocycles. The van der Waals surface area contributed by atoms with Gasteiger partial charge in [-0.1, -0.05) is 17.7 Å². The van der Waals surface area contributed by atoms with Gasteiger partial charge >= 0.3 is 0 Å². The molecule has 1 aromatic heterocycles. The van der Waals surface area contributed by atoms with Gasteiger partial charge in [-0.2, -0.15) is 0 Å². The van der Waals surface area contributed by atoms with Crippen molar-refractivity contribution in [1.82, 2.24) is 4.98 Å². The Hall–Kier alpha value is -1.48. The summed E-state index contributed by atoms with van der Waals surface area (Å²) >= 11 is 5.91. The SMILES string of the molecule is Cc1ccc(Cl)cc1OCc1nc(C)c(C)o1. The quantitative estimate of drug-likeness (QED) is 0.832. The molecule has 1 heterocycles. The number of hydrogen-bond donors (Lipinski definition) is 0. The Morgan fingerprint density at radius 3 is 2.71 bits per heavy atom. The second-order valence-electron chi connectivity index (χ2n) is 3.95. The molecule has 90 valence electrons. The molecule has 0 aliphatic rings. The van der Waals surface area contributed by atoms with E-state index in [1.165, 1.54) is 0 Å². The number of benzene rings is 1. The molecular weight excluding hydrogens is 238 g/mol. The Labute approximate surface area is 105 Å². The van der Waals surface area contributed by atoms with Crippen molar-refractivity contribution in [2.45, 2.75) is 27.4 Å². The molecule has 0 bridgehead atoms. The minimum Gasteiger partial charge on any atom is -0.484 e. The van der Waals surface area contributed by atoms with E-state index in [9.17, 15) is 0 Å². The van der Waals surface area contributed by atoms with Gasteiger partial charge < -0.3 is 9.15 Å². The smallest absolute Gasteiger partial charge is 0.232 e. The zero-order valence-corrected chi connectivity index (χ0v) is 10.8. The Bertz CT molecular complexity index is 515. The van der Waals surface area contributed by atoms with E-state index in [1.54, 1.807) is 6.07 Å². The van der Waals surface area contributed by atoms with Crippen LogP contribution in [0, 0.1) is 20.8 Å². The lowest BCUT2D eigenvalue weighted by molar-refractivity contribution is 0.259. The van der Waals surface area contributed by atoms with Crippen molar-refractivity contribution in [3.63, 3.8) is 0 Å². The summed E-state index contributed by atoms with van der Waals surface area (Å²) in [5, 5.41) is 0.658. The lowest BCUT2D eigenvalue weighted by Gasteiger charge is -2.07. The van der Waals surface area contributed by atoms with Crippen molar-refractivity contribution in [2.24, 2.45) is 0 Å². The minimum atomic E-state index is 0.315. The van der Waals surface area contributed by atoms with Crippen LogP contribution in [-0.2, 0) is 6.61 Å². The van der Waals surface area contributed by atoms with Crippen LogP contribution < -0.4 is 4.74 Å². The average Bonchev–Trinajstić information content (AvgIpc) is 2.60. The molecular formula is C13H14ClNO2. The monoisotopic (exact) mass is 251 g/mol. The van der Waals surface area contributed by atoms with E-state index in [0.29, 0.717) is 17.5 Å². The second kappa shape index (κ2) is 4.80. The number of ether oxygens (including phenoxy) is 1. The van der Waals surface area contributed by atoms with Gasteiger partial charge in [0.15, 0.2) is 6.61 Å². The van der Waals surface area contributed by atoms with Gasteiger partial charge in [0.05, 0.1) is 5.69 Å². The first-order chi connectivity index (χ1) is 8.06. The van der Waals surface area contributed by atoms with Crippen LogP contribution in [0.15, 0.2) is 22.6 Å². The van der Waals surface area contributed by atoms with E-state index < -0.39 is 0 Å². The Balaban J connectivity index is 2.09. The molecule has 0 amide bonds. The Kier molecular flexibility index (Phi) is 3.38. The van der Waals surface area contributed by atoms with Crippen molar-refractivity contribution >= 4 is 11.6 Å². The molecule has 0 aliphatic carbocycles. The molecule has 0 saturated carbocycles. The van der Waals surface area contributed by atoms with Gasteiger partial charge in [-0.3, -0.25) is 0 Å². The van der Waals surface area contributed by atoms with Crippen molar-refractivity contribution in [1.29, 1.82) is 0 Å². The first-order valence-electron chi connectivity index (χ1n) is 5.38. The number of aromatic nitrogens is 1. The van der Waals surface area contributed by atoms with Crippen LogP contribution in [0.3, 0.4) is 0 Å². The number of nitrogens with zero attached hydrogens (tertiary/aromatic N) is 1. The van der Waals surface area contributed by atoms with Gasteiger partial charge in [-0.15, -0.1) is 0 Å². The fourth-order valence-corrected chi connectivity index (χ4v) is 1.63. The zero-order chi connectivity index (χ0) is 12.4. The van der Waals surface area contributed by atoms with Gasteiger partial charge in [-0.25, -0.2) is 4.98 Å². The van der Waals surface area contributed by atoms with Crippen molar-refractivity contribution in [3.8, 4) is 5.75 Å². The molecule has 0 atom stereocenters. The van der Waals surface area contributed by atoms with Gasteiger partial charge in [0, 0.05) is 5.02 Å². The standard InChI is InChI=1S/C13H14ClNO2/c1-8-4-5-11(14)6-12(8)16-7-13-15-9(2)10(3)17-13/h4-6H,7H2,1-3H3. The summed E-state index contributed by atoms with van der Waals surface area (Å²) in [7, 11) is 0. The summed E-state index contributed by atoms with van der Waals surface area (Å²) in [6.45, 7) is 6.08. The largest absolute Gasteiger partial charge is 0.484 e. The third kappa shape index (κ3) is 2.80. The lowest BCUT2D eigenvalue weighted by atomic mass is 10.2. The van der Waals surface area contributed by atoms with Crippen molar-refractivity contribution in [3.05, 3.63) is 46.1 Å². The number of hydrogen-bond acceptors (Lipinski definition) is 3. The highest BCUT2D eigenvalue weighted by Gasteiger charge is 2.07. The first-order valence-corrected chi connectivity index (χ1v) is 5.76. The molecule has 0 radical (unpaired) electrons. The van der Waals surface area contributed by atoms with Crippen molar-refractivity contribution < 1.29 is 9.15 Å². The van der Waals surface area contributed by atoms with Crippen LogP contribution >= 0.6 is 11.6 Å². The third-order valence-corrected chi connectivity index (χ3v) is 2.81. The fraction of sp³-hybridized carbons (Fsp3) is 0.308. The topological polar surface area (TPSA) is 35.3 Å². The van der Waals surface area contributed by atoms with Crippen LogP contribution in [0.5, 0.6) is 5.75 Å². The Morgan fingerprint density at radius 2 is 2.06 bits per heavy atom. The van der Waals surface area contributed by atoms with E-state index in [-0.39, 0.29) is 0 Å². The molecule has 0 unspecified atom stereocenters. The highest BCUT2D eigenvalue weighted by Crippen LogP contribution is 2.23. The number of rotatable bonds is 3. The molecule has 3 nitrogen and oxygen atoms in total. The first kappa shape index (κ1) is 12.0. The number of aryl methyl sites for hydroxylation is 3. The lowest BCUT2D eigenvalue weighted by Crippen LogP contribution is -1.97. The Morgan fingerprint density at radius 1 is 1.29 bits per heavy atom. The summed E-state index contributed by atoms with van der Waals surface area (Å²) in [4.78, 5) is 4.25. The van der Waals surface area contributed by atoms with Crippen LogP contribution in [0.1, 0.15) is 22.9 Å². The summed E-state index contributed by atoms with van der Waals surface area (Å²) in [5.41, 5.74) is 1.93. The van der Waals surface area contributed by atoms with Gasteiger partial charge in [-0.05, 0) is 38.5 Å². The molecule has 0 spiro atoms. The number of halogens is 1. The molecule has 2 aromatic rings. The maximum Gasteiger partial charge on any atom is 0.232 e. The number of oxazole rings is 1. The van der Waals surface area contributed by atoms with E-state index in [1.807, 2.05) is 32.9 Å². The van der Waals surface area contributed by atoms with E-state index in [4.69, 9.17) is 20.8 Å². The normalized spacial score (nSPS) is 10.6. The maximum absolute atomic E-state index is 5.91. The van der Waals surface area contributed by atoms with E-state index >= 15 is 0 Å². The molecule has 17 heavy (non-hydrogen) atoms. The third-order valence-electron chi connectivity index (χ3n) is 2.57. The second-order valence-corrected chi connectivity index (χ2v) is 4.38. The summed E-state index contributed by atoms with van der Waals surface area (Å²) in [6, 6.07) is 5.55. The fourth-order valence-electron chi connectivity index (χ4n) is 1.47. The predicted octanol–water partition coefficient (Wildman–Crippen LogP) is 3.83. The molecule has 0 N–H and O–H groups in total. The predicted molar refractivity (Wildman–Crippen MR) is 66.5 cm³/mol.